The van der Waals surface area contributed by atoms with Crippen LogP contribution in [0.15, 0.2) is 12.1 Å². The summed E-state index contributed by atoms with van der Waals surface area (Å²) < 4.78 is 0. The van der Waals surface area contributed by atoms with Crippen molar-refractivity contribution >= 4 is 0 Å². The van der Waals surface area contributed by atoms with Crippen LogP contribution >= 0.6 is 0 Å². The predicted molar refractivity (Wildman–Crippen MR) is 49.9 cm³/mol. The number of hydrogen-bond donors (Lipinski definition) is 3. The maximum absolute atomic E-state index is 9.61. The number of nitrogens with one attached hydrogen (secondary N) is 1. The molecule has 0 saturated carbocycles. The molecule has 3 heteroatoms. The van der Waals surface area contributed by atoms with Gasteiger partial charge in [0.15, 0.2) is 0 Å². The van der Waals surface area contributed by atoms with Crippen molar-refractivity contribution in [3.8, 4) is 11.5 Å². The Kier molecular flexibility index (Phi) is 1.88. The van der Waals surface area contributed by atoms with E-state index < -0.39 is 0 Å². The van der Waals surface area contributed by atoms with Gasteiger partial charge in [0.25, 0.3) is 0 Å². The zero-order chi connectivity index (χ0) is 9.42. The topological polar surface area (TPSA) is 52.5 Å². The Bertz CT molecular complexity index is 309. The van der Waals surface area contributed by atoms with E-state index in [1.165, 1.54) is 0 Å². The van der Waals surface area contributed by atoms with Crippen molar-refractivity contribution < 1.29 is 10.2 Å². The normalized spacial score (nSPS) is 21.2. The minimum absolute atomic E-state index is 0.126. The number of phenolic OH excluding ortho intramolecular Hbond substituents is 2. The Morgan fingerprint density at radius 1 is 1.31 bits per heavy atom. The fraction of sp³-hybridized carbons (Fsp3) is 0.400. The van der Waals surface area contributed by atoms with Crippen LogP contribution in [0.3, 0.4) is 0 Å². The highest BCUT2D eigenvalue weighted by atomic mass is 16.3. The van der Waals surface area contributed by atoms with Gasteiger partial charge in [-0.3, -0.25) is 0 Å². The van der Waals surface area contributed by atoms with Crippen LogP contribution in [0.5, 0.6) is 11.5 Å². The van der Waals surface area contributed by atoms with E-state index in [1.54, 1.807) is 12.1 Å². The number of rotatable bonds is 1. The van der Waals surface area contributed by atoms with Crippen molar-refractivity contribution in [3.05, 3.63) is 23.3 Å². The van der Waals surface area contributed by atoms with Crippen LogP contribution in [0.1, 0.15) is 23.6 Å². The van der Waals surface area contributed by atoms with Crippen molar-refractivity contribution in [1.29, 1.82) is 0 Å². The lowest BCUT2D eigenvalue weighted by atomic mass is 9.95. The Morgan fingerprint density at radius 3 is 2.23 bits per heavy atom. The Labute approximate surface area is 77.0 Å². The van der Waals surface area contributed by atoms with Crippen LogP contribution in [0, 0.1) is 6.92 Å². The molecule has 1 atom stereocenters. The Morgan fingerprint density at radius 2 is 1.85 bits per heavy atom. The van der Waals surface area contributed by atoms with Gasteiger partial charge in [0.2, 0.25) is 0 Å². The molecule has 1 unspecified atom stereocenters. The lowest BCUT2D eigenvalue weighted by Gasteiger charge is -2.29. The molecule has 3 nitrogen and oxygen atoms in total. The maximum Gasteiger partial charge on any atom is 0.124 e. The lowest BCUT2D eigenvalue weighted by molar-refractivity contribution is 0.346. The SMILES string of the molecule is Cc1cc(O)c(C2CCN2)c(O)c1. The zero-order valence-electron chi connectivity index (χ0n) is 7.54. The molecule has 70 valence electrons. The summed E-state index contributed by atoms with van der Waals surface area (Å²) >= 11 is 0. The summed E-state index contributed by atoms with van der Waals surface area (Å²) in [4.78, 5) is 0. The van der Waals surface area contributed by atoms with Crippen molar-refractivity contribution in [3.63, 3.8) is 0 Å². The van der Waals surface area contributed by atoms with Gasteiger partial charge in [-0.15, -0.1) is 0 Å². The summed E-state index contributed by atoms with van der Waals surface area (Å²) in [5.74, 6) is 0.379. The molecule has 1 saturated heterocycles. The molecule has 13 heavy (non-hydrogen) atoms. The van der Waals surface area contributed by atoms with Gasteiger partial charge < -0.3 is 15.5 Å². The molecule has 1 aromatic rings. The standard InChI is InChI=1S/C10H13NO2/c1-6-4-8(12)10(9(13)5-6)7-2-3-11-7/h4-5,7,11-13H,2-3H2,1H3. The quantitative estimate of drug-likeness (QED) is 0.611. The van der Waals surface area contributed by atoms with E-state index in [0.717, 1.165) is 18.5 Å². The summed E-state index contributed by atoms with van der Waals surface area (Å²) in [7, 11) is 0. The largest absolute Gasteiger partial charge is 0.507 e. The number of aromatic hydroxyl groups is 2. The molecule has 0 aromatic heterocycles. The fourth-order valence-corrected chi connectivity index (χ4v) is 1.65. The predicted octanol–water partition coefficient (Wildman–Crippen LogP) is 1.44. The van der Waals surface area contributed by atoms with Crippen LogP contribution in [-0.4, -0.2) is 16.8 Å². The van der Waals surface area contributed by atoms with E-state index in [2.05, 4.69) is 5.32 Å². The minimum atomic E-state index is 0.126. The van der Waals surface area contributed by atoms with Crippen molar-refractivity contribution in [2.45, 2.75) is 19.4 Å². The summed E-state index contributed by atoms with van der Waals surface area (Å²) in [6.07, 6.45) is 0.976. The molecule has 0 bridgehead atoms. The summed E-state index contributed by atoms with van der Waals surface area (Å²) in [6.45, 7) is 2.80. The van der Waals surface area contributed by atoms with Crippen LogP contribution in [0.2, 0.25) is 0 Å². The average molecular weight is 179 g/mol. The second-order valence-electron chi connectivity index (χ2n) is 3.51. The van der Waals surface area contributed by atoms with Crippen molar-refractivity contribution in [2.75, 3.05) is 6.54 Å². The van der Waals surface area contributed by atoms with Gasteiger partial charge in [-0.05, 0) is 37.6 Å². The lowest BCUT2D eigenvalue weighted by Crippen LogP contribution is -2.35. The number of benzene rings is 1. The second-order valence-corrected chi connectivity index (χ2v) is 3.51. The molecule has 0 aliphatic carbocycles. The van der Waals surface area contributed by atoms with Gasteiger partial charge in [0, 0.05) is 6.04 Å². The van der Waals surface area contributed by atoms with Gasteiger partial charge in [-0.25, -0.2) is 0 Å². The van der Waals surface area contributed by atoms with E-state index in [4.69, 9.17) is 0 Å². The first kappa shape index (κ1) is 8.38. The molecule has 0 amide bonds. The summed E-state index contributed by atoms with van der Waals surface area (Å²) in [5, 5.41) is 22.4. The number of phenols is 2. The second kappa shape index (κ2) is 2.92. The number of aryl methyl sites for hydroxylation is 1. The van der Waals surface area contributed by atoms with Gasteiger partial charge in [0.1, 0.15) is 11.5 Å². The highest BCUT2D eigenvalue weighted by molar-refractivity contribution is 5.48. The molecule has 1 aliphatic heterocycles. The highest BCUT2D eigenvalue weighted by Gasteiger charge is 2.24. The van der Waals surface area contributed by atoms with Crippen molar-refractivity contribution in [1.82, 2.24) is 5.32 Å². The third-order valence-electron chi connectivity index (χ3n) is 2.45. The molecule has 1 fully saturated rings. The average Bonchev–Trinajstić information content (AvgIpc) is 1.92. The fourth-order valence-electron chi connectivity index (χ4n) is 1.65. The Balaban J connectivity index is 2.43. The molecular weight excluding hydrogens is 166 g/mol. The zero-order valence-corrected chi connectivity index (χ0v) is 7.54. The van der Waals surface area contributed by atoms with Gasteiger partial charge in [-0.1, -0.05) is 0 Å². The maximum atomic E-state index is 9.61. The minimum Gasteiger partial charge on any atom is -0.507 e. The number of hydrogen-bond acceptors (Lipinski definition) is 3. The smallest absolute Gasteiger partial charge is 0.124 e. The van der Waals surface area contributed by atoms with Crippen molar-refractivity contribution in [2.24, 2.45) is 0 Å². The summed E-state index contributed by atoms with van der Waals surface area (Å²) in [5.41, 5.74) is 1.51. The van der Waals surface area contributed by atoms with Gasteiger partial charge in [-0.2, -0.15) is 0 Å². The monoisotopic (exact) mass is 179 g/mol. The molecule has 1 aromatic carbocycles. The molecular formula is C10H13NO2. The van der Waals surface area contributed by atoms with Gasteiger partial charge >= 0.3 is 0 Å². The van der Waals surface area contributed by atoms with E-state index in [9.17, 15) is 10.2 Å². The molecule has 0 radical (unpaired) electrons. The van der Waals surface area contributed by atoms with Crippen LogP contribution in [-0.2, 0) is 0 Å². The van der Waals surface area contributed by atoms with E-state index >= 15 is 0 Å². The van der Waals surface area contributed by atoms with Gasteiger partial charge in [0.05, 0.1) is 5.56 Å². The first-order chi connectivity index (χ1) is 6.18. The van der Waals surface area contributed by atoms with Crippen LogP contribution in [0.25, 0.3) is 0 Å². The first-order valence-electron chi connectivity index (χ1n) is 4.44. The third-order valence-corrected chi connectivity index (χ3v) is 2.45. The molecule has 0 spiro atoms. The highest BCUT2D eigenvalue weighted by Crippen LogP contribution is 2.37. The first-order valence-corrected chi connectivity index (χ1v) is 4.44. The van der Waals surface area contributed by atoms with E-state index in [-0.39, 0.29) is 17.5 Å². The van der Waals surface area contributed by atoms with Crippen LogP contribution < -0.4 is 5.32 Å². The molecule has 1 aliphatic rings. The molecule has 3 N–H and O–H groups in total. The molecule has 2 rings (SSSR count). The third kappa shape index (κ3) is 1.35. The molecule has 1 heterocycles. The summed E-state index contributed by atoms with van der Waals surface area (Å²) in [6, 6.07) is 3.48. The van der Waals surface area contributed by atoms with E-state index in [1.807, 2.05) is 6.92 Å². The van der Waals surface area contributed by atoms with Crippen LogP contribution in [0.4, 0.5) is 0 Å². The van der Waals surface area contributed by atoms with E-state index in [0.29, 0.717) is 5.56 Å². The Hall–Kier alpha value is -1.22.